The number of thiophene rings is 2. The monoisotopic (exact) mass is 412 g/mol. The molecule has 0 aliphatic carbocycles. The van der Waals surface area contributed by atoms with Crippen LogP contribution < -0.4 is 10.6 Å². The Morgan fingerprint density at radius 3 is 2.74 bits per heavy atom. The van der Waals surface area contributed by atoms with Crippen molar-refractivity contribution >= 4 is 34.4 Å². The fourth-order valence-electron chi connectivity index (χ4n) is 3.03. The average Bonchev–Trinajstić information content (AvgIpc) is 3.38. The van der Waals surface area contributed by atoms with E-state index in [2.05, 4.69) is 15.7 Å². The number of hydrogen-bond acceptors (Lipinski definition) is 5. The molecule has 1 aliphatic heterocycles. The predicted molar refractivity (Wildman–Crippen MR) is 98.1 cm³/mol. The summed E-state index contributed by atoms with van der Waals surface area (Å²) < 4.78 is 41.7. The van der Waals surface area contributed by atoms with Gasteiger partial charge in [-0.2, -0.15) is 18.3 Å². The van der Waals surface area contributed by atoms with Crippen LogP contribution in [0.1, 0.15) is 38.7 Å². The van der Waals surface area contributed by atoms with E-state index in [1.165, 1.54) is 28.7 Å². The molecule has 1 amide bonds. The summed E-state index contributed by atoms with van der Waals surface area (Å²) in [6.07, 6.45) is -4.63. The second-order valence-corrected chi connectivity index (χ2v) is 8.14. The second kappa shape index (κ2) is 7.01. The van der Waals surface area contributed by atoms with Crippen LogP contribution in [0, 0.1) is 0 Å². The number of halogens is 3. The molecule has 3 aromatic heterocycles. The van der Waals surface area contributed by atoms with Gasteiger partial charge in [-0.3, -0.25) is 4.79 Å². The van der Waals surface area contributed by atoms with E-state index in [0.717, 1.165) is 14.4 Å². The van der Waals surface area contributed by atoms with Gasteiger partial charge >= 0.3 is 6.18 Å². The molecule has 0 spiro atoms. The fraction of sp³-hybridized carbons (Fsp3) is 0.294. The number of nitrogens with zero attached hydrogens (tertiary/aromatic N) is 2. The van der Waals surface area contributed by atoms with Crippen molar-refractivity contribution in [3.63, 3.8) is 0 Å². The first-order chi connectivity index (χ1) is 12.9. The quantitative estimate of drug-likeness (QED) is 0.659. The van der Waals surface area contributed by atoms with Crippen LogP contribution in [0.2, 0.25) is 0 Å². The van der Waals surface area contributed by atoms with Crippen LogP contribution in [-0.4, -0.2) is 21.9 Å². The Morgan fingerprint density at radius 1 is 1.30 bits per heavy atom. The van der Waals surface area contributed by atoms with Crippen LogP contribution in [0.25, 0.3) is 0 Å². The summed E-state index contributed by atoms with van der Waals surface area (Å²) in [5.41, 5.74) is -0.0323. The maximum absolute atomic E-state index is 13.6. The standard InChI is InChI=1S/C17H15F3N4OS2/c18-17(19,20)14-7-11(13-4-2-6-27-13)22-15-8-12(23-24(14)15)16(25)21-9-10-3-1-5-26-10/h1-6,8,11,14,22H,7,9H2,(H,21,25)/t11-,14-/m1/s1. The van der Waals surface area contributed by atoms with Gasteiger partial charge in [0.25, 0.3) is 5.91 Å². The molecule has 142 valence electrons. The normalized spacial score (nSPS) is 19.4. The molecular formula is C17H15F3N4OS2. The Balaban J connectivity index is 1.58. The molecule has 0 saturated heterocycles. The van der Waals surface area contributed by atoms with Crippen molar-refractivity contribution in [2.24, 2.45) is 0 Å². The number of rotatable bonds is 4. The summed E-state index contributed by atoms with van der Waals surface area (Å²) in [4.78, 5) is 14.1. The van der Waals surface area contributed by atoms with Crippen molar-refractivity contribution < 1.29 is 18.0 Å². The average molecular weight is 412 g/mol. The lowest BCUT2D eigenvalue weighted by atomic mass is 10.0. The lowest BCUT2D eigenvalue weighted by Crippen LogP contribution is -2.35. The molecule has 0 fully saturated rings. The van der Waals surface area contributed by atoms with Crippen LogP contribution >= 0.6 is 22.7 Å². The first kappa shape index (κ1) is 18.1. The summed E-state index contributed by atoms with van der Waals surface area (Å²) in [5.74, 6) is -0.302. The van der Waals surface area contributed by atoms with Gasteiger partial charge in [0.15, 0.2) is 11.7 Å². The second-order valence-electron chi connectivity index (χ2n) is 6.13. The fourth-order valence-corrected chi connectivity index (χ4v) is 4.47. The first-order valence-corrected chi connectivity index (χ1v) is 9.94. The molecule has 0 radical (unpaired) electrons. The number of fused-ring (bicyclic) bond motifs is 1. The minimum Gasteiger partial charge on any atom is -0.363 e. The molecule has 0 unspecified atom stereocenters. The molecule has 0 bridgehead atoms. The van der Waals surface area contributed by atoms with Gasteiger partial charge in [0.05, 0.1) is 12.6 Å². The number of hydrogen-bond donors (Lipinski definition) is 2. The number of carbonyl (C=O) groups excluding carboxylic acids is 1. The topological polar surface area (TPSA) is 59.0 Å². The van der Waals surface area contributed by atoms with Crippen LogP contribution in [0.3, 0.4) is 0 Å². The molecule has 5 nitrogen and oxygen atoms in total. The van der Waals surface area contributed by atoms with Crippen molar-refractivity contribution in [3.05, 3.63) is 56.5 Å². The molecule has 0 saturated carbocycles. The van der Waals surface area contributed by atoms with Crippen LogP contribution in [0.4, 0.5) is 19.0 Å². The highest BCUT2D eigenvalue weighted by Crippen LogP contribution is 2.44. The van der Waals surface area contributed by atoms with Crippen molar-refractivity contribution in [2.75, 3.05) is 5.32 Å². The first-order valence-electron chi connectivity index (χ1n) is 8.18. The van der Waals surface area contributed by atoms with Crippen molar-refractivity contribution in [2.45, 2.75) is 31.2 Å². The molecule has 2 N–H and O–H groups in total. The zero-order chi connectivity index (χ0) is 19.0. The zero-order valence-electron chi connectivity index (χ0n) is 13.9. The molecule has 10 heteroatoms. The van der Waals surface area contributed by atoms with Crippen LogP contribution in [0.5, 0.6) is 0 Å². The third kappa shape index (κ3) is 3.72. The van der Waals surface area contributed by atoms with Gasteiger partial charge in [0.1, 0.15) is 5.82 Å². The van der Waals surface area contributed by atoms with E-state index in [1.807, 2.05) is 22.9 Å². The molecule has 1 aliphatic rings. The zero-order valence-corrected chi connectivity index (χ0v) is 15.5. The SMILES string of the molecule is O=C(NCc1cccs1)c1cc2n(n1)[C@@H](C(F)(F)F)C[C@H](c1cccs1)N2. The summed E-state index contributed by atoms with van der Waals surface area (Å²) in [6.45, 7) is 0.312. The minimum atomic E-state index is -4.46. The summed E-state index contributed by atoms with van der Waals surface area (Å²) in [5, 5.41) is 13.4. The maximum Gasteiger partial charge on any atom is 0.410 e. The Labute approximate surface area is 160 Å². The summed E-state index contributed by atoms with van der Waals surface area (Å²) in [6, 6.07) is 6.47. The van der Waals surface area contributed by atoms with Gasteiger partial charge in [0.2, 0.25) is 0 Å². The van der Waals surface area contributed by atoms with E-state index in [4.69, 9.17) is 0 Å². The largest absolute Gasteiger partial charge is 0.410 e. The van der Waals surface area contributed by atoms with Crippen molar-refractivity contribution in [1.82, 2.24) is 15.1 Å². The predicted octanol–water partition coefficient (Wildman–Crippen LogP) is 4.60. The lowest BCUT2D eigenvalue weighted by molar-refractivity contribution is -0.173. The highest BCUT2D eigenvalue weighted by atomic mass is 32.1. The van der Waals surface area contributed by atoms with Gasteiger partial charge in [-0.25, -0.2) is 4.68 Å². The van der Waals surface area contributed by atoms with Gasteiger partial charge in [0, 0.05) is 22.2 Å². The molecule has 4 heterocycles. The Bertz CT molecular complexity index is 919. The van der Waals surface area contributed by atoms with Crippen LogP contribution in [-0.2, 0) is 6.54 Å². The van der Waals surface area contributed by atoms with Gasteiger partial charge in [-0.15, -0.1) is 22.7 Å². The summed E-state index contributed by atoms with van der Waals surface area (Å²) in [7, 11) is 0. The van der Waals surface area contributed by atoms with E-state index in [9.17, 15) is 18.0 Å². The maximum atomic E-state index is 13.6. The third-order valence-electron chi connectivity index (χ3n) is 4.31. The molecule has 27 heavy (non-hydrogen) atoms. The Hall–Kier alpha value is -2.33. The number of carbonyl (C=O) groups is 1. The molecule has 0 aromatic carbocycles. The number of aromatic nitrogens is 2. The van der Waals surface area contributed by atoms with E-state index >= 15 is 0 Å². The molecule has 3 aromatic rings. The Morgan fingerprint density at radius 2 is 2.07 bits per heavy atom. The van der Waals surface area contributed by atoms with Gasteiger partial charge < -0.3 is 10.6 Å². The van der Waals surface area contributed by atoms with Crippen molar-refractivity contribution in [3.8, 4) is 0 Å². The number of amides is 1. The Kier molecular flexibility index (Phi) is 4.68. The molecular weight excluding hydrogens is 397 g/mol. The smallest absolute Gasteiger partial charge is 0.363 e. The van der Waals surface area contributed by atoms with Gasteiger partial charge in [-0.05, 0) is 22.9 Å². The number of nitrogens with one attached hydrogen (secondary N) is 2. The highest BCUT2D eigenvalue weighted by Gasteiger charge is 2.47. The summed E-state index contributed by atoms with van der Waals surface area (Å²) >= 11 is 2.89. The van der Waals surface area contributed by atoms with E-state index in [0.29, 0.717) is 6.54 Å². The molecule has 4 rings (SSSR count). The molecule has 2 atom stereocenters. The van der Waals surface area contributed by atoms with E-state index in [-0.39, 0.29) is 17.9 Å². The van der Waals surface area contributed by atoms with Gasteiger partial charge in [-0.1, -0.05) is 12.1 Å². The number of anilines is 1. The lowest BCUT2D eigenvalue weighted by Gasteiger charge is -2.32. The third-order valence-corrected chi connectivity index (χ3v) is 6.17. The van der Waals surface area contributed by atoms with E-state index < -0.39 is 24.2 Å². The van der Waals surface area contributed by atoms with E-state index in [1.54, 1.807) is 12.1 Å². The van der Waals surface area contributed by atoms with Crippen LogP contribution in [0.15, 0.2) is 41.1 Å². The van der Waals surface area contributed by atoms with Crippen molar-refractivity contribution in [1.29, 1.82) is 0 Å². The highest BCUT2D eigenvalue weighted by molar-refractivity contribution is 7.10. The minimum absolute atomic E-state index is 0.0323. The number of alkyl halides is 3.